The molecule has 0 aliphatic rings. The summed E-state index contributed by atoms with van der Waals surface area (Å²) in [6, 6.07) is 5.33. The lowest BCUT2D eigenvalue weighted by Crippen LogP contribution is -1.94. The standard InChI is InChI=1S/C12H8ClN7/c13-7-2-1-6(3-8(7)14)11-18-19-12-9-10(16-4-15-9)17-5-20(11)12/h1-5H,14H2,(H,15,16). The van der Waals surface area contributed by atoms with E-state index in [1.54, 1.807) is 29.2 Å². The summed E-state index contributed by atoms with van der Waals surface area (Å²) in [7, 11) is 0. The molecular weight excluding hydrogens is 278 g/mol. The first-order chi connectivity index (χ1) is 9.74. The van der Waals surface area contributed by atoms with Gasteiger partial charge in [-0.2, -0.15) is 0 Å². The third-order valence-electron chi connectivity index (χ3n) is 3.09. The van der Waals surface area contributed by atoms with Crippen LogP contribution in [0.4, 0.5) is 5.69 Å². The number of hydrogen-bond acceptors (Lipinski definition) is 5. The van der Waals surface area contributed by atoms with Crippen LogP contribution in [0.2, 0.25) is 5.02 Å². The Balaban J connectivity index is 2.02. The molecule has 0 aliphatic heterocycles. The molecule has 20 heavy (non-hydrogen) atoms. The molecule has 0 atom stereocenters. The lowest BCUT2D eigenvalue weighted by atomic mass is 10.2. The van der Waals surface area contributed by atoms with Crippen LogP contribution in [0.1, 0.15) is 0 Å². The van der Waals surface area contributed by atoms with Gasteiger partial charge in [0.05, 0.1) is 17.0 Å². The lowest BCUT2D eigenvalue weighted by Gasteiger charge is -2.02. The molecule has 0 fully saturated rings. The minimum atomic E-state index is 0.497. The van der Waals surface area contributed by atoms with Crippen LogP contribution in [-0.2, 0) is 0 Å². The number of benzene rings is 1. The average molecular weight is 286 g/mol. The van der Waals surface area contributed by atoms with E-state index in [0.717, 1.165) is 11.1 Å². The maximum atomic E-state index is 5.93. The molecule has 98 valence electrons. The van der Waals surface area contributed by atoms with E-state index in [2.05, 4.69) is 25.1 Å². The smallest absolute Gasteiger partial charge is 0.190 e. The normalized spacial score (nSPS) is 11.4. The number of nitrogens with zero attached hydrogens (tertiary/aromatic N) is 5. The van der Waals surface area contributed by atoms with Gasteiger partial charge < -0.3 is 10.7 Å². The van der Waals surface area contributed by atoms with Crippen molar-refractivity contribution in [3.63, 3.8) is 0 Å². The van der Waals surface area contributed by atoms with Crippen LogP contribution in [0.5, 0.6) is 0 Å². The van der Waals surface area contributed by atoms with Crippen molar-refractivity contribution in [1.29, 1.82) is 0 Å². The first-order valence-electron chi connectivity index (χ1n) is 5.82. The van der Waals surface area contributed by atoms with E-state index in [9.17, 15) is 0 Å². The topological polar surface area (TPSA) is 97.8 Å². The molecule has 0 aliphatic carbocycles. The Morgan fingerprint density at radius 3 is 2.95 bits per heavy atom. The van der Waals surface area contributed by atoms with E-state index in [0.29, 0.717) is 27.8 Å². The van der Waals surface area contributed by atoms with Crippen molar-refractivity contribution >= 4 is 34.1 Å². The van der Waals surface area contributed by atoms with Gasteiger partial charge in [0.2, 0.25) is 0 Å². The summed E-state index contributed by atoms with van der Waals surface area (Å²) in [6.45, 7) is 0. The molecular formula is C12H8ClN7. The molecule has 3 heterocycles. The van der Waals surface area contributed by atoms with Crippen molar-refractivity contribution in [1.82, 2.24) is 29.5 Å². The predicted octanol–water partition coefficient (Wildman–Crippen LogP) is 1.90. The fourth-order valence-electron chi connectivity index (χ4n) is 2.11. The maximum Gasteiger partial charge on any atom is 0.190 e. The number of nitrogen functional groups attached to an aromatic ring is 1. The van der Waals surface area contributed by atoms with Crippen molar-refractivity contribution in [2.75, 3.05) is 5.73 Å². The van der Waals surface area contributed by atoms with Gasteiger partial charge in [-0.1, -0.05) is 11.6 Å². The van der Waals surface area contributed by atoms with Gasteiger partial charge in [0.15, 0.2) is 17.1 Å². The van der Waals surface area contributed by atoms with Gasteiger partial charge in [0.25, 0.3) is 0 Å². The third-order valence-corrected chi connectivity index (χ3v) is 3.43. The summed E-state index contributed by atoms with van der Waals surface area (Å²) in [4.78, 5) is 11.3. The zero-order valence-corrected chi connectivity index (χ0v) is 10.8. The Kier molecular flexibility index (Phi) is 2.19. The number of hydrogen-bond donors (Lipinski definition) is 2. The molecule has 7 nitrogen and oxygen atoms in total. The molecule has 0 bridgehead atoms. The number of imidazole rings is 1. The molecule has 3 aromatic heterocycles. The Bertz CT molecular complexity index is 939. The number of rotatable bonds is 1. The van der Waals surface area contributed by atoms with Crippen molar-refractivity contribution in [3.8, 4) is 11.4 Å². The van der Waals surface area contributed by atoms with Crippen molar-refractivity contribution in [3.05, 3.63) is 35.9 Å². The SMILES string of the molecule is Nc1cc(-c2nnc3c4[nH]cnc4ncn23)ccc1Cl. The van der Waals surface area contributed by atoms with Crippen LogP contribution in [0.15, 0.2) is 30.9 Å². The summed E-state index contributed by atoms with van der Waals surface area (Å²) in [5.74, 6) is 0.646. The zero-order valence-electron chi connectivity index (χ0n) is 10.1. The fraction of sp³-hybridized carbons (Fsp3) is 0. The second kappa shape index (κ2) is 3.91. The number of nitrogens with one attached hydrogen (secondary N) is 1. The Morgan fingerprint density at radius 1 is 1.20 bits per heavy atom. The second-order valence-electron chi connectivity index (χ2n) is 4.30. The summed E-state index contributed by atoms with van der Waals surface area (Å²) < 4.78 is 1.78. The van der Waals surface area contributed by atoms with Crippen LogP contribution >= 0.6 is 11.6 Å². The predicted molar refractivity (Wildman–Crippen MR) is 75.3 cm³/mol. The molecule has 0 spiro atoms. The van der Waals surface area contributed by atoms with Gasteiger partial charge in [-0.3, -0.25) is 4.40 Å². The van der Waals surface area contributed by atoms with Crippen LogP contribution in [0.25, 0.3) is 28.2 Å². The van der Waals surface area contributed by atoms with Gasteiger partial charge in [-0.15, -0.1) is 10.2 Å². The number of nitrogens with two attached hydrogens (primary N) is 1. The molecule has 0 saturated heterocycles. The monoisotopic (exact) mass is 285 g/mol. The Hall–Kier alpha value is -2.67. The highest BCUT2D eigenvalue weighted by Gasteiger charge is 2.13. The van der Waals surface area contributed by atoms with E-state index >= 15 is 0 Å². The average Bonchev–Trinajstić information content (AvgIpc) is 3.06. The lowest BCUT2D eigenvalue weighted by molar-refractivity contribution is 1.09. The number of fused-ring (bicyclic) bond motifs is 3. The first kappa shape index (κ1) is 11.2. The van der Waals surface area contributed by atoms with Gasteiger partial charge in [0.1, 0.15) is 11.8 Å². The van der Waals surface area contributed by atoms with Gasteiger partial charge in [-0.25, -0.2) is 9.97 Å². The number of anilines is 1. The highest BCUT2D eigenvalue weighted by atomic mass is 35.5. The summed E-state index contributed by atoms with van der Waals surface area (Å²) in [5.41, 5.74) is 9.15. The molecule has 1 aromatic carbocycles. The number of H-pyrrole nitrogens is 1. The molecule has 4 rings (SSSR count). The summed E-state index contributed by atoms with van der Waals surface area (Å²) >= 11 is 5.93. The van der Waals surface area contributed by atoms with Crippen molar-refractivity contribution < 1.29 is 0 Å². The maximum absolute atomic E-state index is 5.93. The van der Waals surface area contributed by atoms with Gasteiger partial charge >= 0.3 is 0 Å². The van der Waals surface area contributed by atoms with Crippen LogP contribution in [-0.4, -0.2) is 29.5 Å². The highest BCUT2D eigenvalue weighted by Crippen LogP contribution is 2.26. The Morgan fingerprint density at radius 2 is 2.10 bits per heavy atom. The highest BCUT2D eigenvalue weighted by molar-refractivity contribution is 6.33. The molecule has 0 radical (unpaired) electrons. The van der Waals surface area contributed by atoms with Crippen LogP contribution < -0.4 is 5.73 Å². The quantitative estimate of drug-likeness (QED) is 0.521. The van der Waals surface area contributed by atoms with Gasteiger partial charge in [0, 0.05) is 5.56 Å². The molecule has 4 aromatic rings. The summed E-state index contributed by atoms with van der Waals surface area (Å²) in [5, 5.41) is 8.88. The molecule has 0 saturated carbocycles. The van der Waals surface area contributed by atoms with E-state index in [-0.39, 0.29) is 0 Å². The van der Waals surface area contributed by atoms with Gasteiger partial charge in [-0.05, 0) is 18.2 Å². The van der Waals surface area contributed by atoms with Crippen molar-refractivity contribution in [2.24, 2.45) is 0 Å². The number of aromatic nitrogens is 6. The third kappa shape index (κ3) is 1.47. The number of halogens is 1. The molecule has 8 heteroatoms. The molecule has 0 amide bonds. The molecule has 0 unspecified atom stereocenters. The van der Waals surface area contributed by atoms with E-state index in [4.69, 9.17) is 17.3 Å². The minimum Gasteiger partial charge on any atom is -0.398 e. The van der Waals surface area contributed by atoms with Crippen LogP contribution in [0.3, 0.4) is 0 Å². The zero-order chi connectivity index (χ0) is 13.7. The Labute approximate surface area is 117 Å². The van der Waals surface area contributed by atoms with E-state index < -0.39 is 0 Å². The number of aromatic amines is 1. The summed E-state index contributed by atoms with van der Waals surface area (Å²) in [6.07, 6.45) is 3.21. The van der Waals surface area contributed by atoms with Crippen molar-refractivity contribution in [2.45, 2.75) is 0 Å². The van der Waals surface area contributed by atoms with Crippen LogP contribution in [0, 0.1) is 0 Å². The molecule has 3 N–H and O–H groups in total. The van der Waals surface area contributed by atoms with E-state index in [1.807, 2.05) is 6.07 Å². The van der Waals surface area contributed by atoms with E-state index in [1.165, 1.54) is 0 Å². The fourth-order valence-corrected chi connectivity index (χ4v) is 2.23. The first-order valence-corrected chi connectivity index (χ1v) is 6.20. The second-order valence-corrected chi connectivity index (χ2v) is 4.71. The minimum absolute atomic E-state index is 0.497. The largest absolute Gasteiger partial charge is 0.398 e.